The lowest BCUT2D eigenvalue weighted by Crippen LogP contribution is -2.63. The summed E-state index contributed by atoms with van der Waals surface area (Å²) < 4.78 is 0. The minimum absolute atomic E-state index is 0.145. The van der Waals surface area contributed by atoms with Crippen molar-refractivity contribution in [1.29, 1.82) is 0 Å². The number of carbonyl (C=O) groups is 1. The molecule has 218 valence electrons. The number of aliphatic hydroxyl groups excluding tert-OH is 1. The van der Waals surface area contributed by atoms with E-state index < -0.39 is 0 Å². The number of rotatable bonds is 7. The molecule has 8 atom stereocenters. The monoisotopic (exact) mass is 528 g/mol. The Morgan fingerprint density at radius 1 is 1.03 bits per heavy atom. The van der Waals surface area contributed by atoms with Gasteiger partial charge in [-0.25, -0.2) is 0 Å². The topological polar surface area (TPSA) is 43.8 Å². The molecule has 0 radical (unpaired) electrons. The maximum absolute atomic E-state index is 14.4. The van der Waals surface area contributed by atoms with Crippen LogP contribution < -0.4 is 0 Å². The largest absolute Gasteiger partial charge is 0.393 e. The SMILES string of the molecule is CC(O)CCC1(C)C(C)CCC2(C)C1CC=C1C3CC(C)(C)CCC3(C(=O)N(C)CCN(C)C)CCC12C. The zero-order valence-electron chi connectivity index (χ0n) is 26.6. The minimum Gasteiger partial charge on any atom is -0.393 e. The van der Waals surface area contributed by atoms with Crippen LogP contribution in [0, 0.1) is 44.8 Å². The Kier molecular flexibility index (Phi) is 8.08. The van der Waals surface area contributed by atoms with Crippen molar-refractivity contribution in [3.8, 4) is 0 Å². The summed E-state index contributed by atoms with van der Waals surface area (Å²) in [6, 6.07) is 0. The second-order valence-corrected chi connectivity index (χ2v) is 16.1. The number of amides is 1. The van der Waals surface area contributed by atoms with Gasteiger partial charge in [-0.15, -0.1) is 0 Å². The molecule has 0 saturated heterocycles. The van der Waals surface area contributed by atoms with Crippen LogP contribution in [0.1, 0.15) is 113 Å². The molecular weight excluding hydrogens is 468 g/mol. The second kappa shape index (κ2) is 10.2. The summed E-state index contributed by atoms with van der Waals surface area (Å²) >= 11 is 0. The van der Waals surface area contributed by atoms with Crippen LogP contribution in [-0.2, 0) is 4.79 Å². The first kappa shape index (κ1) is 30.1. The van der Waals surface area contributed by atoms with E-state index in [9.17, 15) is 9.90 Å². The van der Waals surface area contributed by atoms with Gasteiger partial charge in [-0.2, -0.15) is 0 Å². The lowest BCUT2D eigenvalue weighted by molar-refractivity contribution is -0.166. The van der Waals surface area contributed by atoms with Gasteiger partial charge >= 0.3 is 0 Å². The predicted molar refractivity (Wildman–Crippen MR) is 159 cm³/mol. The van der Waals surface area contributed by atoms with E-state index in [2.05, 4.69) is 71.5 Å². The van der Waals surface area contributed by atoms with Gasteiger partial charge in [-0.3, -0.25) is 4.79 Å². The minimum atomic E-state index is -0.233. The molecule has 0 aromatic heterocycles. The molecule has 0 aromatic rings. The highest BCUT2D eigenvalue weighted by molar-refractivity contribution is 5.84. The van der Waals surface area contributed by atoms with Gasteiger partial charge in [0.25, 0.3) is 0 Å². The van der Waals surface area contributed by atoms with Gasteiger partial charge in [0.15, 0.2) is 0 Å². The highest BCUT2D eigenvalue weighted by Crippen LogP contribution is 2.73. The molecular formula is C34H60N2O2. The highest BCUT2D eigenvalue weighted by atomic mass is 16.3. The molecule has 38 heavy (non-hydrogen) atoms. The molecule has 3 fully saturated rings. The van der Waals surface area contributed by atoms with E-state index in [1.807, 2.05) is 14.0 Å². The Labute approximate surface area is 235 Å². The fraction of sp³-hybridized carbons (Fsp3) is 0.912. The highest BCUT2D eigenvalue weighted by Gasteiger charge is 2.67. The van der Waals surface area contributed by atoms with Crippen LogP contribution >= 0.6 is 0 Å². The Morgan fingerprint density at radius 2 is 1.68 bits per heavy atom. The summed E-state index contributed by atoms with van der Waals surface area (Å²) in [4.78, 5) is 18.6. The first-order chi connectivity index (χ1) is 17.5. The van der Waals surface area contributed by atoms with Crippen LogP contribution in [0.25, 0.3) is 0 Å². The molecule has 0 spiro atoms. The third-order valence-corrected chi connectivity index (χ3v) is 13.1. The molecule has 4 rings (SSSR count). The van der Waals surface area contributed by atoms with Gasteiger partial charge in [0, 0.05) is 20.1 Å². The van der Waals surface area contributed by atoms with Crippen molar-refractivity contribution in [2.45, 2.75) is 119 Å². The summed E-state index contributed by atoms with van der Waals surface area (Å²) in [6.07, 6.45) is 13.6. The van der Waals surface area contributed by atoms with E-state index in [0.717, 1.165) is 64.5 Å². The van der Waals surface area contributed by atoms with Crippen LogP contribution in [0.3, 0.4) is 0 Å². The molecule has 0 bridgehead atoms. The molecule has 0 aromatic carbocycles. The third kappa shape index (κ3) is 4.72. The summed E-state index contributed by atoms with van der Waals surface area (Å²) in [6.45, 7) is 18.8. The fourth-order valence-corrected chi connectivity index (χ4v) is 9.94. The van der Waals surface area contributed by atoms with E-state index in [1.165, 1.54) is 12.8 Å². The number of hydrogen-bond donors (Lipinski definition) is 1. The number of fused-ring (bicyclic) bond motifs is 5. The number of carbonyl (C=O) groups excluding carboxylic acids is 1. The average Bonchev–Trinajstić information content (AvgIpc) is 2.84. The van der Waals surface area contributed by atoms with Gasteiger partial charge < -0.3 is 14.9 Å². The Bertz CT molecular complexity index is 923. The van der Waals surface area contributed by atoms with Gasteiger partial charge in [0.1, 0.15) is 0 Å². The summed E-state index contributed by atoms with van der Waals surface area (Å²) in [5.74, 6) is 2.09. The molecule has 3 saturated carbocycles. The van der Waals surface area contributed by atoms with Crippen molar-refractivity contribution in [3.05, 3.63) is 11.6 Å². The van der Waals surface area contributed by atoms with E-state index in [1.54, 1.807) is 5.57 Å². The molecule has 4 aliphatic rings. The number of allylic oxidation sites excluding steroid dienone is 2. The molecule has 1 N–H and O–H groups in total. The number of nitrogens with zero attached hydrogens (tertiary/aromatic N) is 2. The summed E-state index contributed by atoms with van der Waals surface area (Å²) in [5.41, 5.74) is 2.33. The molecule has 4 heteroatoms. The Morgan fingerprint density at radius 3 is 2.32 bits per heavy atom. The van der Waals surface area contributed by atoms with Crippen molar-refractivity contribution in [2.24, 2.45) is 44.8 Å². The van der Waals surface area contributed by atoms with Crippen molar-refractivity contribution in [2.75, 3.05) is 34.2 Å². The van der Waals surface area contributed by atoms with Gasteiger partial charge in [-0.1, -0.05) is 53.2 Å². The third-order valence-electron chi connectivity index (χ3n) is 13.1. The van der Waals surface area contributed by atoms with Crippen LogP contribution in [0.5, 0.6) is 0 Å². The summed E-state index contributed by atoms with van der Waals surface area (Å²) in [5, 5.41) is 10.2. The lowest BCUT2D eigenvalue weighted by atomic mass is 9.35. The zero-order chi connectivity index (χ0) is 28.3. The normalized spacial score (nSPS) is 42.9. The first-order valence-electron chi connectivity index (χ1n) is 15.8. The van der Waals surface area contributed by atoms with E-state index in [-0.39, 0.29) is 33.2 Å². The van der Waals surface area contributed by atoms with Crippen molar-refractivity contribution in [3.63, 3.8) is 0 Å². The number of aliphatic hydroxyl groups is 1. The van der Waals surface area contributed by atoms with E-state index >= 15 is 0 Å². The van der Waals surface area contributed by atoms with Gasteiger partial charge in [0.2, 0.25) is 5.91 Å². The fourth-order valence-electron chi connectivity index (χ4n) is 9.94. The number of likely N-dealkylation sites (N-methyl/N-ethyl adjacent to an activating group) is 2. The van der Waals surface area contributed by atoms with E-state index in [0.29, 0.717) is 23.7 Å². The van der Waals surface area contributed by atoms with Crippen molar-refractivity contribution < 1.29 is 9.90 Å². The van der Waals surface area contributed by atoms with Crippen molar-refractivity contribution >= 4 is 5.91 Å². The molecule has 4 aliphatic carbocycles. The lowest BCUT2D eigenvalue weighted by Gasteiger charge is -2.69. The molecule has 4 nitrogen and oxygen atoms in total. The van der Waals surface area contributed by atoms with Crippen LogP contribution in [-0.4, -0.2) is 61.2 Å². The van der Waals surface area contributed by atoms with Gasteiger partial charge in [-0.05, 0) is 125 Å². The summed E-state index contributed by atoms with van der Waals surface area (Å²) in [7, 11) is 6.24. The van der Waals surface area contributed by atoms with Crippen LogP contribution in [0.15, 0.2) is 11.6 Å². The maximum Gasteiger partial charge on any atom is 0.229 e. The molecule has 0 heterocycles. The average molecular weight is 529 g/mol. The second-order valence-electron chi connectivity index (χ2n) is 16.1. The predicted octanol–water partition coefficient (Wildman–Crippen LogP) is 7.17. The smallest absolute Gasteiger partial charge is 0.229 e. The maximum atomic E-state index is 14.4. The molecule has 1 amide bonds. The molecule has 0 aliphatic heterocycles. The first-order valence-corrected chi connectivity index (χ1v) is 15.8. The zero-order valence-corrected chi connectivity index (χ0v) is 26.6. The quantitative estimate of drug-likeness (QED) is 0.356. The van der Waals surface area contributed by atoms with E-state index in [4.69, 9.17) is 0 Å². The van der Waals surface area contributed by atoms with Crippen LogP contribution in [0.2, 0.25) is 0 Å². The Balaban J connectivity index is 1.74. The number of hydrogen-bond acceptors (Lipinski definition) is 3. The van der Waals surface area contributed by atoms with Crippen LogP contribution in [0.4, 0.5) is 0 Å². The molecule has 8 unspecified atom stereocenters. The Hall–Kier alpha value is -0.870. The standard InChI is InChI=1S/C34H60N2O2/c1-24-13-16-33(7)28(31(24,5)15-14-25(2)37)12-11-26-27-23-30(3,4)17-19-34(27,20-18-32(26,33)6)29(38)36(10)22-21-35(8)9/h11,24-25,27-28,37H,12-23H2,1-10H3. The van der Waals surface area contributed by atoms with Gasteiger partial charge in [0.05, 0.1) is 11.5 Å². The van der Waals surface area contributed by atoms with Crippen molar-refractivity contribution in [1.82, 2.24) is 9.80 Å².